The number of fused-ring (bicyclic) bond motifs is 1. The molecule has 2 heterocycles. The highest BCUT2D eigenvalue weighted by Gasteiger charge is 2.34. The molecule has 5 rings (SSSR count). The summed E-state index contributed by atoms with van der Waals surface area (Å²) in [6.07, 6.45) is 3.59. The van der Waals surface area contributed by atoms with Crippen molar-refractivity contribution in [1.82, 2.24) is 14.7 Å². The maximum atomic E-state index is 14.4. The van der Waals surface area contributed by atoms with Gasteiger partial charge >= 0.3 is 0 Å². The van der Waals surface area contributed by atoms with Gasteiger partial charge in [0.15, 0.2) is 0 Å². The van der Waals surface area contributed by atoms with Crippen LogP contribution in [-0.2, 0) is 12.8 Å². The van der Waals surface area contributed by atoms with Crippen LogP contribution < -0.4 is 0 Å². The number of carbonyl (C=O) groups excluding carboxylic acids is 1. The number of carbonyl (C=O) groups is 1. The molecule has 1 aliphatic heterocycles. The Hall–Kier alpha value is -3.66. The van der Waals surface area contributed by atoms with E-state index in [2.05, 4.69) is 43.0 Å². The summed E-state index contributed by atoms with van der Waals surface area (Å²) >= 11 is 0. The minimum Gasteiger partial charge on any atom is -0.331 e. The van der Waals surface area contributed by atoms with Crippen LogP contribution in [0.2, 0.25) is 0 Å². The molecule has 0 aliphatic carbocycles. The van der Waals surface area contributed by atoms with Crippen LogP contribution in [0.5, 0.6) is 0 Å². The summed E-state index contributed by atoms with van der Waals surface area (Å²) in [4.78, 5) is 16.5. The molecule has 1 unspecified atom stereocenters. The van der Waals surface area contributed by atoms with Crippen LogP contribution in [-0.4, -0.2) is 27.1 Å². The first-order valence-corrected chi connectivity index (χ1v) is 12.3. The van der Waals surface area contributed by atoms with Crippen molar-refractivity contribution in [2.24, 2.45) is 0 Å². The average molecular weight is 450 g/mol. The minimum absolute atomic E-state index is 0.0887. The van der Waals surface area contributed by atoms with Gasteiger partial charge in [0.05, 0.1) is 23.0 Å². The molecule has 1 aliphatic rings. The van der Waals surface area contributed by atoms with Gasteiger partial charge in [-0.05, 0) is 42.5 Å². The maximum Gasteiger partial charge on any atom is 0.258 e. The number of aromatic nitrogens is 2. The molecule has 4 heteroatoms. The standard InChI is InChI=1S/C30H31N3O/c1-3-13-27-25-19-12-11-14-22(25)20-21-32(27)30(34)28-26(4-2)33(24-17-9-6-10-18-24)31-29(28)23-15-7-5-8-16-23/h5-12,14-19,27H,3-4,13,20-21H2,1-2H3. The fraction of sp³-hybridized carbons (Fsp3) is 0.267. The Morgan fingerprint density at radius 1 is 0.912 bits per heavy atom. The molecule has 4 nitrogen and oxygen atoms in total. The van der Waals surface area contributed by atoms with Crippen molar-refractivity contribution in [2.45, 2.75) is 45.6 Å². The van der Waals surface area contributed by atoms with Crippen molar-refractivity contribution >= 4 is 5.91 Å². The number of benzene rings is 3. The van der Waals surface area contributed by atoms with Gasteiger partial charge < -0.3 is 4.90 Å². The average Bonchev–Trinajstić information content (AvgIpc) is 3.29. The second kappa shape index (κ2) is 9.68. The van der Waals surface area contributed by atoms with E-state index in [-0.39, 0.29) is 11.9 Å². The third kappa shape index (κ3) is 3.94. The zero-order valence-electron chi connectivity index (χ0n) is 19.9. The maximum absolute atomic E-state index is 14.4. The van der Waals surface area contributed by atoms with Crippen LogP contribution in [0, 0.1) is 0 Å². The predicted octanol–water partition coefficient (Wildman–Crippen LogP) is 6.64. The zero-order valence-corrected chi connectivity index (χ0v) is 19.9. The fourth-order valence-electron chi connectivity index (χ4n) is 5.21. The molecule has 1 amide bonds. The van der Waals surface area contributed by atoms with E-state index >= 15 is 0 Å². The summed E-state index contributed by atoms with van der Waals surface area (Å²) in [7, 11) is 0. The molecular formula is C30H31N3O. The van der Waals surface area contributed by atoms with Gasteiger partial charge in [0.1, 0.15) is 5.69 Å². The molecule has 34 heavy (non-hydrogen) atoms. The molecule has 1 atom stereocenters. The second-order valence-electron chi connectivity index (χ2n) is 8.89. The highest BCUT2D eigenvalue weighted by Crippen LogP contribution is 2.37. The van der Waals surface area contributed by atoms with Crippen molar-refractivity contribution < 1.29 is 4.79 Å². The van der Waals surface area contributed by atoms with E-state index in [4.69, 9.17) is 5.10 Å². The quantitative estimate of drug-likeness (QED) is 0.331. The van der Waals surface area contributed by atoms with E-state index in [0.29, 0.717) is 0 Å². The predicted molar refractivity (Wildman–Crippen MR) is 137 cm³/mol. The van der Waals surface area contributed by atoms with Gasteiger partial charge in [0, 0.05) is 12.1 Å². The largest absolute Gasteiger partial charge is 0.331 e. The SMILES string of the molecule is CCCC1c2ccccc2CCN1C(=O)c1c(-c2ccccc2)nn(-c2ccccc2)c1CC. The van der Waals surface area contributed by atoms with Crippen LogP contribution in [0.15, 0.2) is 84.9 Å². The van der Waals surface area contributed by atoms with Crippen LogP contribution in [0.25, 0.3) is 16.9 Å². The van der Waals surface area contributed by atoms with Gasteiger partial charge in [-0.15, -0.1) is 0 Å². The molecule has 3 aromatic carbocycles. The first-order valence-electron chi connectivity index (χ1n) is 12.3. The summed E-state index contributed by atoms with van der Waals surface area (Å²) in [5.74, 6) is 0.0887. The number of hydrogen-bond acceptors (Lipinski definition) is 2. The number of nitrogens with zero attached hydrogens (tertiary/aromatic N) is 3. The summed E-state index contributed by atoms with van der Waals surface area (Å²) in [6.45, 7) is 5.03. The highest BCUT2D eigenvalue weighted by atomic mass is 16.2. The molecule has 0 saturated heterocycles. The van der Waals surface area contributed by atoms with Gasteiger partial charge in [0.25, 0.3) is 5.91 Å². The van der Waals surface area contributed by atoms with Crippen LogP contribution in [0.4, 0.5) is 0 Å². The van der Waals surface area contributed by atoms with Crippen molar-refractivity contribution in [1.29, 1.82) is 0 Å². The smallest absolute Gasteiger partial charge is 0.258 e. The van der Waals surface area contributed by atoms with Crippen molar-refractivity contribution in [3.63, 3.8) is 0 Å². The zero-order chi connectivity index (χ0) is 23.5. The first kappa shape index (κ1) is 22.1. The lowest BCUT2D eigenvalue weighted by Gasteiger charge is -2.37. The lowest BCUT2D eigenvalue weighted by molar-refractivity contribution is 0.0649. The second-order valence-corrected chi connectivity index (χ2v) is 8.89. The number of rotatable bonds is 6. The molecule has 0 radical (unpaired) electrons. The number of para-hydroxylation sites is 1. The fourth-order valence-corrected chi connectivity index (χ4v) is 5.21. The Bertz CT molecular complexity index is 1280. The molecule has 0 fully saturated rings. The third-order valence-corrected chi connectivity index (χ3v) is 6.81. The van der Waals surface area contributed by atoms with Gasteiger partial charge in [-0.25, -0.2) is 4.68 Å². The van der Waals surface area contributed by atoms with E-state index < -0.39 is 0 Å². The highest BCUT2D eigenvalue weighted by molar-refractivity contribution is 6.01. The molecule has 1 aromatic heterocycles. The van der Waals surface area contributed by atoms with E-state index in [1.807, 2.05) is 65.3 Å². The number of amides is 1. The molecule has 0 saturated carbocycles. The van der Waals surface area contributed by atoms with Crippen molar-refractivity contribution in [2.75, 3.05) is 6.54 Å². The van der Waals surface area contributed by atoms with Gasteiger partial charge in [-0.3, -0.25) is 4.79 Å². The van der Waals surface area contributed by atoms with Crippen LogP contribution in [0.1, 0.15) is 59.9 Å². The Balaban J connectivity index is 1.66. The van der Waals surface area contributed by atoms with Crippen molar-refractivity contribution in [3.05, 3.63) is 107 Å². The Morgan fingerprint density at radius 2 is 1.59 bits per heavy atom. The van der Waals surface area contributed by atoms with E-state index in [9.17, 15) is 4.79 Å². The number of hydrogen-bond donors (Lipinski definition) is 0. The summed E-state index contributed by atoms with van der Waals surface area (Å²) in [5, 5.41) is 5.02. The third-order valence-electron chi connectivity index (χ3n) is 6.81. The lowest BCUT2D eigenvalue weighted by Crippen LogP contribution is -2.40. The minimum atomic E-state index is 0.0887. The lowest BCUT2D eigenvalue weighted by atomic mass is 9.89. The summed E-state index contributed by atoms with van der Waals surface area (Å²) in [6, 6.07) is 28.9. The van der Waals surface area contributed by atoms with Gasteiger partial charge in [-0.1, -0.05) is 93.1 Å². The molecule has 0 spiro atoms. The molecule has 0 N–H and O–H groups in total. The van der Waals surface area contributed by atoms with E-state index in [0.717, 1.165) is 60.4 Å². The van der Waals surface area contributed by atoms with E-state index in [1.54, 1.807) is 0 Å². The van der Waals surface area contributed by atoms with E-state index in [1.165, 1.54) is 11.1 Å². The molecule has 4 aromatic rings. The normalized spacial score (nSPS) is 15.2. The van der Waals surface area contributed by atoms with Gasteiger partial charge in [-0.2, -0.15) is 5.10 Å². The van der Waals surface area contributed by atoms with Crippen molar-refractivity contribution in [3.8, 4) is 16.9 Å². The molecule has 0 bridgehead atoms. The van der Waals surface area contributed by atoms with Gasteiger partial charge in [0.2, 0.25) is 0 Å². The summed E-state index contributed by atoms with van der Waals surface area (Å²) < 4.78 is 1.96. The molecular weight excluding hydrogens is 418 g/mol. The monoisotopic (exact) mass is 449 g/mol. The Morgan fingerprint density at radius 3 is 2.29 bits per heavy atom. The molecule has 172 valence electrons. The Labute approximate surface area is 201 Å². The topological polar surface area (TPSA) is 38.1 Å². The first-order chi connectivity index (χ1) is 16.7. The van der Waals surface area contributed by atoms with Crippen LogP contribution in [0.3, 0.4) is 0 Å². The van der Waals surface area contributed by atoms with Crippen LogP contribution >= 0.6 is 0 Å². The Kier molecular flexibility index (Phi) is 6.31. The summed E-state index contributed by atoms with van der Waals surface area (Å²) in [5.41, 5.74) is 7.06.